The van der Waals surface area contributed by atoms with Crippen LogP contribution in [-0.4, -0.2) is 28.6 Å². The number of nitrogens with one attached hydrogen (secondary N) is 1. The predicted octanol–water partition coefficient (Wildman–Crippen LogP) is 1.55. The molecule has 5 heteroatoms. The Labute approximate surface area is 116 Å². The Morgan fingerprint density at radius 2 is 1.95 bits per heavy atom. The fourth-order valence-corrected chi connectivity index (χ4v) is 1.85. The van der Waals surface area contributed by atoms with Crippen molar-refractivity contribution in [1.29, 1.82) is 0 Å². The van der Waals surface area contributed by atoms with Crippen LogP contribution in [0.4, 0.5) is 4.39 Å². The summed E-state index contributed by atoms with van der Waals surface area (Å²) < 4.78 is 13.0. The summed E-state index contributed by atoms with van der Waals surface area (Å²) in [5.41, 5.74) is 0.996. The van der Waals surface area contributed by atoms with Crippen LogP contribution in [0, 0.1) is 5.95 Å². The summed E-state index contributed by atoms with van der Waals surface area (Å²) in [6.45, 7) is -0.198. The number of nitrogens with zero attached hydrogens (tertiary/aromatic N) is 1. The Balaban J connectivity index is 2.01. The van der Waals surface area contributed by atoms with Crippen LogP contribution >= 0.6 is 0 Å². The number of pyridine rings is 1. The molecule has 0 saturated heterocycles. The van der Waals surface area contributed by atoms with E-state index in [4.69, 9.17) is 0 Å². The second-order valence-electron chi connectivity index (χ2n) is 4.39. The number of aromatic nitrogens is 1. The number of halogens is 1. The van der Waals surface area contributed by atoms with Crippen LogP contribution in [0.15, 0.2) is 48.5 Å². The molecule has 20 heavy (non-hydrogen) atoms. The molecule has 0 fully saturated rings. The van der Waals surface area contributed by atoms with Crippen molar-refractivity contribution in [2.75, 3.05) is 6.61 Å². The van der Waals surface area contributed by atoms with Crippen molar-refractivity contribution in [3.63, 3.8) is 0 Å². The van der Waals surface area contributed by atoms with E-state index in [2.05, 4.69) is 10.3 Å². The second kappa shape index (κ2) is 6.77. The Kier molecular flexibility index (Phi) is 4.79. The molecule has 0 aliphatic carbocycles. The van der Waals surface area contributed by atoms with Gasteiger partial charge in [-0.15, -0.1) is 0 Å². The summed E-state index contributed by atoms with van der Waals surface area (Å²) in [4.78, 5) is 15.4. The van der Waals surface area contributed by atoms with Crippen LogP contribution < -0.4 is 5.32 Å². The highest BCUT2D eigenvalue weighted by Crippen LogP contribution is 2.04. The molecule has 0 radical (unpaired) electrons. The highest BCUT2D eigenvalue weighted by Gasteiger charge is 2.14. The van der Waals surface area contributed by atoms with Gasteiger partial charge in [0.15, 0.2) is 0 Å². The van der Waals surface area contributed by atoms with Crippen molar-refractivity contribution < 1.29 is 14.3 Å². The minimum atomic E-state index is -0.707. The van der Waals surface area contributed by atoms with Gasteiger partial charge in [0.2, 0.25) is 5.95 Å². The second-order valence-corrected chi connectivity index (χ2v) is 4.39. The first-order chi connectivity index (χ1) is 9.69. The van der Waals surface area contributed by atoms with E-state index < -0.39 is 17.9 Å². The third-order valence-corrected chi connectivity index (χ3v) is 2.83. The summed E-state index contributed by atoms with van der Waals surface area (Å²) in [6.07, 6.45) is 0.498. The standard InChI is InChI=1S/C15H15FN2O2/c16-14-8-4-7-13(18-14)15(20)17-12(10-19)9-11-5-2-1-3-6-11/h1-8,12,19H,9-10H2,(H,17,20)/t12-/m1/s1. The molecule has 2 aromatic rings. The van der Waals surface area contributed by atoms with Crippen LogP contribution in [0.3, 0.4) is 0 Å². The molecule has 0 spiro atoms. The van der Waals surface area contributed by atoms with E-state index in [0.29, 0.717) is 6.42 Å². The Hall–Kier alpha value is -2.27. The average molecular weight is 274 g/mol. The number of hydrogen-bond donors (Lipinski definition) is 2. The molecule has 0 bridgehead atoms. The molecule has 2 N–H and O–H groups in total. The number of aliphatic hydroxyl groups is 1. The van der Waals surface area contributed by atoms with Gasteiger partial charge in [0.1, 0.15) is 5.69 Å². The summed E-state index contributed by atoms with van der Waals surface area (Å²) in [5, 5.41) is 12.0. The molecule has 1 heterocycles. The topological polar surface area (TPSA) is 62.2 Å². The van der Waals surface area contributed by atoms with Crippen molar-refractivity contribution in [1.82, 2.24) is 10.3 Å². The van der Waals surface area contributed by atoms with E-state index in [9.17, 15) is 14.3 Å². The molecular formula is C15H15FN2O2. The number of amides is 1. The van der Waals surface area contributed by atoms with E-state index in [1.807, 2.05) is 30.3 Å². The van der Waals surface area contributed by atoms with Crippen LogP contribution in [0.2, 0.25) is 0 Å². The maximum atomic E-state index is 13.0. The fraction of sp³-hybridized carbons (Fsp3) is 0.200. The fourth-order valence-electron chi connectivity index (χ4n) is 1.85. The summed E-state index contributed by atoms with van der Waals surface area (Å²) in [7, 11) is 0. The van der Waals surface area contributed by atoms with Gasteiger partial charge in [-0.1, -0.05) is 36.4 Å². The Morgan fingerprint density at radius 3 is 2.60 bits per heavy atom. The number of aliphatic hydroxyl groups excluding tert-OH is 1. The van der Waals surface area contributed by atoms with Gasteiger partial charge in [-0.3, -0.25) is 4.79 Å². The van der Waals surface area contributed by atoms with Gasteiger partial charge < -0.3 is 10.4 Å². The number of carbonyl (C=O) groups excluding carboxylic acids is 1. The Bertz CT molecular complexity index is 575. The van der Waals surface area contributed by atoms with Crippen molar-refractivity contribution in [3.8, 4) is 0 Å². The molecule has 1 amide bonds. The van der Waals surface area contributed by atoms with Gasteiger partial charge in [-0.2, -0.15) is 4.39 Å². The first-order valence-corrected chi connectivity index (χ1v) is 6.27. The van der Waals surface area contributed by atoms with Gasteiger partial charge in [-0.25, -0.2) is 4.98 Å². The molecule has 1 aromatic carbocycles. The molecule has 104 valence electrons. The lowest BCUT2D eigenvalue weighted by atomic mass is 10.1. The van der Waals surface area contributed by atoms with Crippen molar-refractivity contribution in [2.24, 2.45) is 0 Å². The van der Waals surface area contributed by atoms with Gasteiger partial charge in [-0.05, 0) is 24.1 Å². The van der Waals surface area contributed by atoms with E-state index in [1.165, 1.54) is 18.2 Å². The smallest absolute Gasteiger partial charge is 0.270 e. The predicted molar refractivity (Wildman–Crippen MR) is 72.7 cm³/mol. The van der Waals surface area contributed by atoms with Crippen molar-refractivity contribution in [3.05, 3.63) is 65.7 Å². The normalized spacial score (nSPS) is 11.9. The van der Waals surface area contributed by atoms with Crippen molar-refractivity contribution >= 4 is 5.91 Å². The van der Waals surface area contributed by atoms with Crippen LogP contribution in [0.25, 0.3) is 0 Å². The quantitative estimate of drug-likeness (QED) is 0.813. The number of hydrogen-bond acceptors (Lipinski definition) is 3. The number of rotatable bonds is 5. The van der Waals surface area contributed by atoms with Crippen LogP contribution in [0.1, 0.15) is 16.1 Å². The zero-order valence-corrected chi connectivity index (χ0v) is 10.8. The van der Waals surface area contributed by atoms with E-state index >= 15 is 0 Å². The first kappa shape index (κ1) is 14.1. The van der Waals surface area contributed by atoms with Gasteiger partial charge >= 0.3 is 0 Å². The molecule has 0 aliphatic heterocycles. The molecule has 0 unspecified atom stereocenters. The first-order valence-electron chi connectivity index (χ1n) is 6.27. The van der Waals surface area contributed by atoms with Gasteiger partial charge in [0, 0.05) is 0 Å². The molecule has 1 atom stereocenters. The maximum absolute atomic E-state index is 13.0. The average Bonchev–Trinajstić information content (AvgIpc) is 2.47. The maximum Gasteiger partial charge on any atom is 0.270 e. The summed E-state index contributed by atoms with van der Waals surface area (Å²) in [5.74, 6) is -1.21. The largest absolute Gasteiger partial charge is 0.394 e. The molecule has 4 nitrogen and oxygen atoms in total. The third-order valence-electron chi connectivity index (χ3n) is 2.83. The van der Waals surface area contributed by atoms with Crippen LogP contribution in [0.5, 0.6) is 0 Å². The lowest BCUT2D eigenvalue weighted by Crippen LogP contribution is -2.39. The highest BCUT2D eigenvalue weighted by atomic mass is 19.1. The van der Waals surface area contributed by atoms with E-state index in [1.54, 1.807) is 0 Å². The zero-order chi connectivity index (χ0) is 14.4. The minimum absolute atomic E-state index is 0.00323. The van der Waals surface area contributed by atoms with E-state index in [0.717, 1.165) is 5.56 Å². The molecule has 1 aromatic heterocycles. The number of carbonyl (C=O) groups is 1. The minimum Gasteiger partial charge on any atom is -0.394 e. The molecular weight excluding hydrogens is 259 g/mol. The lowest BCUT2D eigenvalue weighted by molar-refractivity contribution is 0.0910. The van der Waals surface area contributed by atoms with Gasteiger partial charge in [0.05, 0.1) is 12.6 Å². The van der Waals surface area contributed by atoms with E-state index in [-0.39, 0.29) is 12.3 Å². The summed E-state index contributed by atoms with van der Waals surface area (Å²) in [6, 6.07) is 13.1. The SMILES string of the molecule is O=C(N[C@@H](CO)Cc1ccccc1)c1cccc(F)n1. The molecule has 0 saturated carbocycles. The Morgan fingerprint density at radius 1 is 1.20 bits per heavy atom. The van der Waals surface area contributed by atoms with Crippen LogP contribution in [-0.2, 0) is 6.42 Å². The molecule has 0 aliphatic rings. The van der Waals surface area contributed by atoms with Crippen molar-refractivity contribution in [2.45, 2.75) is 12.5 Å². The number of benzene rings is 1. The lowest BCUT2D eigenvalue weighted by Gasteiger charge is -2.16. The molecule has 2 rings (SSSR count). The highest BCUT2D eigenvalue weighted by molar-refractivity contribution is 5.92. The monoisotopic (exact) mass is 274 g/mol. The van der Waals surface area contributed by atoms with Gasteiger partial charge in [0.25, 0.3) is 5.91 Å². The third kappa shape index (κ3) is 3.86. The summed E-state index contributed by atoms with van der Waals surface area (Å²) >= 11 is 0. The zero-order valence-electron chi connectivity index (χ0n) is 10.8.